The predicted octanol–water partition coefficient (Wildman–Crippen LogP) is 5.04. The van der Waals surface area contributed by atoms with Crippen LogP contribution in [0.1, 0.15) is 32.3 Å². The predicted molar refractivity (Wildman–Crippen MR) is 71.6 cm³/mol. The minimum Gasteiger partial charge on any atom is -0.123 e. The van der Waals surface area contributed by atoms with E-state index in [4.69, 9.17) is 11.6 Å². The van der Waals surface area contributed by atoms with Crippen LogP contribution in [0.5, 0.6) is 0 Å². The first kappa shape index (κ1) is 13.1. The second-order valence-electron chi connectivity index (χ2n) is 4.28. The number of aryl methyl sites for hydroxylation is 1. The highest BCUT2D eigenvalue weighted by atomic mass is 79.9. The molecule has 1 aromatic carbocycles. The highest BCUT2D eigenvalue weighted by molar-refractivity contribution is 9.10. The van der Waals surface area contributed by atoms with E-state index >= 15 is 0 Å². The monoisotopic (exact) mass is 288 g/mol. The molecule has 0 radical (unpaired) electrons. The molecule has 0 nitrogen and oxygen atoms in total. The number of halogens is 2. The van der Waals surface area contributed by atoms with Gasteiger partial charge < -0.3 is 0 Å². The zero-order chi connectivity index (χ0) is 11.3. The molecule has 0 saturated heterocycles. The molecule has 0 bridgehead atoms. The van der Waals surface area contributed by atoms with Gasteiger partial charge in [0.25, 0.3) is 0 Å². The fraction of sp³-hybridized carbons (Fsp3) is 0.538. The third kappa shape index (κ3) is 5.03. The molecule has 0 amide bonds. The molecule has 84 valence electrons. The molecule has 0 N–H and O–H groups in total. The Kier molecular flexibility index (Phi) is 5.70. The van der Waals surface area contributed by atoms with Gasteiger partial charge in [-0.15, -0.1) is 11.6 Å². The fourth-order valence-corrected chi connectivity index (χ4v) is 2.13. The van der Waals surface area contributed by atoms with Crippen molar-refractivity contribution in [1.82, 2.24) is 0 Å². The third-order valence-corrected chi connectivity index (χ3v) is 3.77. The number of hydrogen-bond acceptors (Lipinski definition) is 0. The van der Waals surface area contributed by atoms with E-state index in [0.717, 1.165) is 17.3 Å². The Morgan fingerprint density at radius 3 is 2.67 bits per heavy atom. The lowest BCUT2D eigenvalue weighted by Crippen LogP contribution is -2.07. The van der Waals surface area contributed by atoms with Gasteiger partial charge in [-0.3, -0.25) is 0 Å². The van der Waals surface area contributed by atoms with Gasteiger partial charge in [-0.1, -0.05) is 41.9 Å². The van der Waals surface area contributed by atoms with Gasteiger partial charge in [0.15, 0.2) is 0 Å². The number of alkyl halides is 1. The van der Waals surface area contributed by atoms with Crippen molar-refractivity contribution in [3.05, 3.63) is 34.3 Å². The van der Waals surface area contributed by atoms with Crippen molar-refractivity contribution in [2.75, 3.05) is 0 Å². The standard InChI is InChI=1S/C13H18BrCl/c1-10(2)13(15)8-4-6-11-5-3-7-12(14)9-11/h3,5,7,9-10,13H,4,6,8H2,1-2H3. The summed E-state index contributed by atoms with van der Waals surface area (Å²) in [4.78, 5) is 0. The van der Waals surface area contributed by atoms with E-state index in [1.54, 1.807) is 0 Å². The molecule has 1 aromatic rings. The first-order valence-electron chi connectivity index (χ1n) is 5.48. The average molecular weight is 290 g/mol. The topological polar surface area (TPSA) is 0 Å². The lowest BCUT2D eigenvalue weighted by atomic mass is 10.0. The summed E-state index contributed by atoms with van der Waals surface area (Å²) >= 11 is 9.68. The summed E-state index contributed by atoms with van der Waals surface area (Å²) in [6, 6.07) is 8.49. The first-order valence-corrected chi connectivity index (χ1v) is 6.71. The van der Waals surface area contributed by atoms with Crippen molar-refractivity contribution >= 4 is 27.5 Å². The Labute approximate surface area is 106 Å². The van der Waals surface area contributed by atoms with Crippen molar-refractivity contribution in [3.8, 4) is 0 Å². The van der Waals surface area contributed by atoms with Crippen LogP contribution in [0.4, 0.5) is 0 Å². The summed E-state index contributed by atoms with van der Waals surface area (Å²) in [5.74, 6) is 0.578. The van der Waals surface area contributed by atoms with Crippen LogP contribution in [-0.4, -0.2) is 5.38 Å². The number of hydrogen-bond donors (Lipinski definition) is 0. The van der Waals surface area contributed by atoms with Crippen molar-refractivity contribution < 1.29 is 0 Å². The summed E-state index contributed by atoms with van der Waals surface area (Å²) in [6.07, 6.45) is 3.39. The smallest absolute Gasteiger partial charge is 0.0359 e. The summed E-state index contributed by atoms with van der Waals surface area (Å²) in [5.41, 5.74) is 1.39. The van der Waals surface area contributed by atoms with Crippen LogP contribution in [0.25, 0.3) is 0 Å². The lowest BCUT2D eigenvalue weighted by molar-refractivity contribution is 0.547. The van der Waals surface area contributed by atoms with Crippen LogP contribution >= 0.6 is 27.5 Å². The van der Waals surface area contributed by atoms with Crippen LogP contribution in [-0.2, 0) is 6.42 Å². The van der Waals surface area contributed by atoms with E-state index in [1.807, 2.05) is 0 Å². The Balaban J connectivity index is 2.32. The van der Waals surface area contributed by atoms with Crippen molar-refractivity contribution in [2.45, 2.75) is 38.5 Å². The zero-order valence-electron chi connectivity index (χ0n) is 9.34. The third-order valence-electron chi connectivity index (χ3n) is 2.56. The quantitative estimate of drug-likeness (QED) is 0.667. The van der Waals surface area contributed by atoms with Crippen molar-refractivity contribution in [1.29, 1.82) is 0 Å². The molecule has 0 saturated carbocycles. The van der Waals surface area contributed by atoms with Gasteiger partial charge in [-0.25, -0.2) is 0 Å². The first-order chi connectivity index (χ1) is 7.09. The minimum absolute atomic E-state index is 0.317. The second kappa shape index (κ2) is 6.55. The Morgan fingerprint density at radius 2 is 2.07 bits per heavy atom. The highest BCUT2D eigenvalue weighted by Crippen LogP contribution is 2.18. The molecule has 0 fully saturated rings. The van der Waals surface area contributed by atoms with Gasteiger partial charge in [0.05, 0.1) is 0 Å². The molecule has 0 spiro atoms. The summed E-state index contributed by atoms with van der Waals surface area (Å²) in [6.45, 7) is 4.35. The molecule has 1 unspecified atom stereocenters. The Morgan fingerprint density at radius 1 is 1.33 bits per heavy atom. The second-order valence-corrected chi connectivity index (χ2v) is 5.76. The van der Waals surface area contributed by atoms with E-state index < -0.39 is 0 Å². The Bertz CT molecular complexity index is 296. The molecule has 0 aliphatic heterocycles. The maximum Gasteiger partial charge on any atom is 0.0359 e. The highest BCUT2D eigenvalue weighted by Gasteiger charge is 2.08. The van der Waals surface area contributed by atoms with E-state index in [9.17, 15) is 0 Å². The molecule has 15 heavy (non-hydrogen) atoms. The lowest BCUT2D eigenvalue weighted by Gasteiger charge is -2.12. The zero-order valence-corrected chi connectivity index (χ0v) is 11.7. The van der Waals surface area contributed by atoms with Crippen LogP contribution in [0.15, 0.2) is 28.7 Å². The molecule has 2 heteroatoms. The van der Waals surface area contributed by atoms with Crippen LogP contribution in [0.3, 0.4) is 0 Å². The molecule has 1 rings (SSSR count). The molecule has 0 aromatic heterocycles. The van der Waals surface area contributed by atoms with Crippen molar-refractivity contribution in [3.63, 3.8) is 0 Å². The van der Waals surface area contributed by atoms with E-state index in [1.165, 1.54) is 12.0 Å². The molecular formula is C13H18BrCl. The number of rotatable bonds is 5. The normalized spacial score (nSPS) is 13.1. The maximum atomic E-state index is 6.20. The Hall–Kier alpha value is -0.0100. The van der Waals surface area contributed by atoms with E-state index in [0.29, 0.717) is 11.3 Å². The fourth-order valence-electron chi connectivity index (χ4n) is 1.53. The van der Waals surface area contributed by atoms with Crippen LogP contribution in [0, 0.1) is 5.92 Å². The maximum absolute atomic E-state index is 6.20. The van der Waals surface area contributed by atoms with Crippen molar-refractivity contribution in [2.24, 2.45) is 5.92 Å². The van der Waals surface area contributed by atoms with Gasteiger partial charge in [0.2, 0.25) is 0 Å². The van der Waals surface area contributed by atoms with E-state index in [2.05, 4.69) is 54.0 Å². The van der Waals surface area contributed by atoms with Gasteiger partial charge in [0, 0.05) is 9.85 Å². The molecule has 0 aliphatic rings. The number of benzene rings is 1. The van der Waals surface area contributed by atoms with Gasteiger partial charge in [0.1, 0.15) is 0 Å². The SMILES string of the molecule is CC(C)C(Cl)CCCc1cccc(Br)c1. The van der Waals surface area contributed by atoms with Gasteiger partial charge >= 0.3 is 0 Å². The molecule has 0 aliphatic carbocycles. The summed E-state index contributed by atoms with van der Waals surface area (Å²) < 4.78 is 1.16. The summed E-state index contributed by atoms with van der Waals surface area (Å²) in [7, 11) is 0. The van der Waals surface area contributed by atoms with E-state index in [-0.39, 0.29) is 0 Å². The molecule has 1 atom stereocenters. The molecular weight excluding hydrogens is 272 g/mol. The van der Waals surface area contributed by atoms with Crippen LogP contribution in [0.2, 0.25) is 0 Å². The summed E-state index contributed by atoms with van der Waals surface area (Å²) in [5, 5.41) is 0.317. The van der Waals surface area contributed by atoms with Gasteiger partial charge in [-0.05, 0) is 42.9 Å². The average Bonchev–Trinajstić information content (AvgIpc) is 2.17. The molecule has 0 heterocycles. The largest absolute Gasteiger partial charge is 0.123 e. The minimum atomic E-state index is 0.317. The van der Waals surface area contributed by atoms with Crippen LogP contribution < -0.4 is 0 Å². The van der Waals surface area contributed by atoms with Gasteiger partial charge in [-0.2, -0.15) is 0 Å².